The normalized spacial score (nSPS) is 15.0. The Balaban J connectivity index is 1.46. The van der Waals surface area contributed by atoms with Gasteiger partial charge in [-0.25, -0.2) is 0 Å². The van der Waals surface area contributed by atoms with Gasteiger partial charge in [0, 0.05) is 60.4 Å². The molecule has 27 heavy (non-hydrogen) atoms. The van der Waals surface area contributed by atoms with Crippen LogP contribution in [-0.4, -0.2) is 46.5 Å². The van der Waals surface area contributed by atoms with Gasteiger partial charge >= 0.3 is 4.87 Å². The van der Waals surface area contributed by atoms with Gasteiger partial charge in [0.25, 0.3) is 0 Å². The van der Waals surface area contributed by atoms with E-state index in [4.69, 9.17) is 0 Å². The minimum atomic E-state index is -0.0660. The fourth-order valence-corrected chi connectivity index (χ4v) is 4.99. The van der Waals surface area contributed by atoms with Gasteiger partial charge in [-0.15, -0.1) is 0 Å². The van der Waals surface area contributed by atoms with Crippen LogP contribution >= 0.6 is 23.1 Å². The summed E-state index contributed by atoms with van der Waals surface area (Å²) in [5, 5.41) is 2.93. The topological polar surface area (TPSA) is 54.3 Å². The fraction of sp³-hybridized carbons (Fsp3) is 0.500. The first-order valence-corrected chi connectivity index (χ1v) is 11.4. The van der Waals surface area contributed by atoms with Crippen LogP contribution in [0.25, 0.3) is 0 Å². The molecule has 0 bridgehead atoms. The lowest BCUT2D eigenvalue weighted by Crippen LogP contribution is -2.34. The van der Waals surface area contributed by atoms with Crippen molar-refractivity contribution in [3.8, 4) is 0 Å². The number of nitrogens with one attached hydrogen (secondary N) is 1. The maximum Gasteiger partial charge on any atom is 0.307 e. The highest BCUT2D eigenvalue weighted by molar-refractivity contribution is 7.99. The Hall–Kier alpha value is -1.57. The summed E-state index contributed by atoms with van der Waals surface area (Å²) in [5.41, 5.74) is 3.06. The number of hydrogen-bond acceptors (Lipinski definition) is 5. The summed E-state index contributed by atoms with van der Waals surface area (Å²) in [6, 6.07) is 8.10. The zero-order valence-corrected chi connectivity index (χ0v) is 17.6. The summed E-state index contributed by atoms with van der Waals surface area (Å²) >= 11 is 3.27. The molecule has 1 aromatic carbocycles. The van der Waals surface area contributed by atoms with Crippen LogP contribution in [-0.2, 0) is 17.8 Å². The lowest BCUT2D eigenvalue weighted by atomic mass is 10.1. The van der Waals surface area contributed by atoms with Crippen molar-refractivity contribution in [3.05, 3.63) is 50.1 Å². The van der Waals surface area contributed by atoms with Crippen molar-refractivity contribution in [2.75, 3.05) is 36.5 Å². The van der Waals surface area contributed by atoms with Gasteiger partial charge in [0.2, 0.25) is 5.91 Å². The standard InChI is InChI=1S/C20H27N3O2S2/c1-15-16(2)27-20(25)23(15)10-8-19(24)21-18-5-3-17(4-6-18)7-9-22-11-13-26-14-12-22/h3-6H,7-14H2,1-2H3,(H,21,24). The molecule has 1 fully saturated rings. The Labute approximate surface area is 168 Å². The van der Waals surface area contributed by atoms with Gasteiger partial charge in [-0.3, -0.25) is 9.59 Å². The molecule has 146 valence electrons. The molecule has 0 radical (unpaired) electrons. The van der Waals surface area contributed by atoms with Crippen molar-refractivity contribution < 1.29 is 4.79 Å². The Kier molecular flexibility index (Phi) is 7.15. The number of thiazole rings is 1. The van der Waals surface area contributed by atoms with E-state index in [2.05, 4.69) is 22.3 Å². The monoisotopic (exact) mass is 405 g/mol. The number of carbonyl (C=O) groups is 1. The average Bonchev–Trinajstić information content (AvgIpc) is 2.92. The summed E-state index contributed by atoms with van der Waals surface area (Å²) in [5.74, 6) is 2.41. The molecule has 0 spiro atoms. The Morgan fingerprint density at radius 2 is 1.81 bits per heavy atom. The molecule has 7 heteroatoms. The molecule has 1 aliphatic rings. The fourth-order valence-electron chi connectivity index (χ4n) is 3.15. The molecule has 5 nitrogen and oxygen atoms in total. The minimum Gasteiger partial charge on any atom is -0.326 e. The number of carbonyl (C=O) groups excluding carboxylic acids is 1. The van der Waals surface area contributed by atoms with Gasteiger partial charge < -0.3 is 14.8 Å². The lowest BCUT2D eigenvalue weighted by Gasteiger charge is -2.26. The van der Waals surface area contributed by atoms with Crippen molar-refractivity contribution in [1.29, 1.82) is 0 Å². The quantitative estimate of drug-likeness (QED) is 0.769. The van der Waals surface area contributed by atoms with Crippen LogP contribution in [0.3, 0.4) is 0 Å². The second-order valence-electron chi connectivity index (χ2n) is 6.86. The second-order valence-corrected chi connectivity index (χ2v) is 9.25. The molecule has 0 unspecified atom stereocenters. The van der Waals surface area contributed by atoms with Crippen molar-refractivity contribution in [2.24, 2.45) is 0 Å². The molecule has 0 atom stereocenters. The molecule has 1 N–H and O–H groups in total. The van der Waals surface area contributed by atoms with E-state index in [1.807, 2.05) is 37.7 Å². The summed E-state index contributed by atoms with van der Waals surface area (Å²) < 4.78 is 1.68. The zero-order valence-electron chi connectivity index (χ0n) is 16.0. The second kappa shape index (κ2) is 9.57. The summed E-state index contributed by atoms with van der Waals surface area (Å²) in [6.45, 7) is 7.75. The van der Waals surface area contributed by atoms with Crippen LogP contribution in [0, 0.1) is 13.8 Å². The van der Waals surface area contributed by atoms with E-state index < -0.39 is 0 Å². The Morgan fingerprint density at radius 3 is 2.44 bits per heavy atom. The number of anilines is 1. The van der Waals surface area contributed by atoms with E-state index >= 15 is 0 Å². The number of hydrogen-bond donors (Lipinski definition) is 1. The van der Waals surface area contributed by atoms with Gasteiger partial charge in [0.05, 0.1) is 0 Å². The van der Waals surface area contributed by atoms with Crippen LogP contribution in [0.1, 0.15) is 22.6 Å². The first-order valence-electron chi connectivity index (χ1n) is 9.38. The van der Waals surface area contributed by atoms with E-state index in [-0.39, 0.29) is 10.8 Å². The number of aryl methyl sites for hydroxylation is 1. The third-order valence-corrected chi connectivity index (χ3v) is 6.93. The predicted octanol–water partition coefficient (Wildman–Crippen LogP) is 3.15. The summed E-state index contributed by atoms with van der Waals surface area (Å²) in [4.78, 5) is 27.6. The van der Waals surface area contributed by atoms with Gasteiger partial charge in [-0.1, -0.05) is 23.5 Å². The van der Waals surface area contributed by atoms with Gasteiger partial charge in [-0.2, -0.15) is 11.8 Å². The lowest BCUT2D eigenvalue weighted by molar-refractivity contribution is -0.116. The molecule has 0 aliphatic carbocycles. The molecule has 3 rings (SSSR count). The minimum absolute atomic E-state index is 0.00875. The highest BCUT2D eigenvalue weighted by Crippen LogP contribution is 2.14. The van der Waals surface area contributed by atoms with E-state index in [0.717, 1.165) is 29.2 Å². The molecule has 1 amide bonds. The number of thioether (sulfide) groups is 1. The van der Waals surface area contributed by atoms with Gasteiger partial charge in [0.15, 0.2) is 0 Å². The highest BCUT2D eigenvalue weighted by atomic mass is 32.2. The van der Waals surface area contributed by atoms with Crippen LogP contribution in [0.5, 0.6) is 0 Å². The van der Waals surface area contributed by atoms with Crippen LogP contribution in [0.2, 0.25) is 0 Å². The summed E-state index contributed by atoms with van der Waals surface area (Å²) in [6.07, 6.45) is 1.34. The van der Waals surface area contributed by atoms with Crippen molar-refractivity contribution in [1.82, 2.24) is 9.47 Å². The predicted molar refractivity (Wildman–Crippen MR) is 115 cm³/mol. The third-order valence-electron chi connectivity index (χ3n) is 5.00. The van der Waals surface area contributed by atoms with E-state index in [1.165, 1.54) is 41.5 Å². The first-order chi connectivity index (χ1) is 13.0. The van der Waals surface area contributed by atoms with Crippen molar-refractivity contribution in [2.45, 2.75) is 33.2 Å². The maximum absolute atomic E-state index is 12.2. The largest absolute Gasteiger partial charge is 0.326 e. The number of rotatable bonds is 7. The number of aromatic nitrogens is 1. The average molecular weight is 406 g/mol. The van der Waals surface area contributed by atoms with E-state index in [0.29, 0.717) is 13.0 Å². The SMILES string of the molecule is Cc1sc(=O)n(CCC(=O)Nc2ccc(CCN3CCSCC3)cc2)c1C. The molecule has 1 aliphatic heterocycles. The van der Waals surface area contributed by atoms with Crippen LogP contribution in [0.4, 0.5) is 5.69 Å². The van der Waals surface area contributed by atoms with Crippen LogP contribution < -0.4 is 10.2 Å². The molecular formula is C20H27N3O2S2. The molecule has 0 saturated carbocycles. The number of benzene rings is 1. The van der Waals surface area contributed by atoms with E-state index in [1.54, 1.807) is 4.57 Å². The highest BCUT2D eigenvalue weighted by Gasteiger charge is 2.11. The zero-order chi connectivity index (χ0) is 19.2. The molecule has 1 aromatic heterocycles. The number of nitrogens with zero attached hydrogens (tertiary/aromatic N) is 2. The molecular weight excluding hydrogens is 378 g/mol. The molecule has 2 heterocycles. The van der Waals surface area contributed by atoms with E-state index in [9.17, 15) is 9.59 Å². The van der Waals surface area contributed by atoms with Gasteiger partial charge in [0.1, 0.15) is 0 Å². The van der Waals surface area contributed by atoms with Crippen molar-refractivity contribution in [3.63, 3.8) is 0 Å². The first kappa shape index (κ1) is 20.2. The van der Waals surface area contributed by atoms with Gasteiger partial charge in [-0.05, 0) is 38.0 Å². The molecule has 2 aromatic rings. The third kappa shape index (κ3) is 5.70. The van der Waals surface area contributed by atoms with Crippen molar-refractivity contribution >= 4 is 34.7 Å². The summed E-state index contributed by atoms with van der Waals surface area (Å²) in [7, 11) is 0. The number of amides is 1. The Morgan fingerprint density at radius 1 is 1.11 bits per heavy atom. The van der Waals surface area contributed by atoms with Crippen LogP contribution in [0.15, 0.2) is 29.1 Å². The Bertz CT molecular complexity index is 821. The molecule has 1 saturated heterocycles. The maximum atomic E-state index is 12.2. The smallest absolute Gasteiger partial charge is 0.307 e.